The number of piperidine rings is 1. The number of amides is 1. The van der Waals surface area contributed by atoms with Gasteiger partial charge in [-0.1, -0.05) is 30.3 Å². The molecule has 4 aromatic rings. The van der Waals surface area contributed by atoms with Crippen LogP contribution in [0.3, 0.4) is 0 Å². The van der Waals surface area contributed by atoms with Gasteiger partial charge >= 0.3 is 0 Å². The Balaban J connectivity index is 1.56. The number of fused-ring (bicyclic) bond motifs is 1. The van der Waals surface area contributed by atoms with E-state index in [9.17, 15) is 9.90 Å². The largest absolute Gasteiger partial charge is 0.494 e. The lowest BCUT2D eigenvalue weighted by Crippen LogP contribution is -2.35. The summed E-state index contributed by atoms with van der Waals surface area (Å²) in [5, 5.41) is 11.6. The van der Waals surface area contributed by atoms with Crippen LogP contribution in [0.25, 0.3) is 10.9 Å². The molecule has 1 aliphatic rings. The van der Waals surface area contributed by atoms with Crippen molar-refractivity contribution >= 4 is 33.9 Å². The molecule has 6 nitrogen and oxygen atoms in total. The molecule has 5 rings (SSSR count). The number of benzene rings is 3. The number of rotatable bonds is 4. The molecule has 0 bridgehead atoms. The fraction of sp³-hybridized carbons (Fsp3) is 0.185. The third-order valence-electron chi connectivity index (χ3n) is 6.09. The van der Waals surface area contributed by atoms with E-state index in [1.54, 1.807) is 6.07 Å². The maximum absolute atomic E-state index is 12.8. The lowest BCUT2D eigenvalue weighted by atomic mass is 10.0. The number of H-pyrrole nitrogens is 1. The van der Waals surface area contributed by atoms with Gasteiger partial charge in [0.2, 0.25) is 0 Å². The van der Waals surface area contributed by atoms with Gasteiger partial charge in [-0.15, -0.1) is 0 Å². The Hall–Kier alpha value is -4.06. The average Bonchev–Trinajstić information content (AvgIpc) is 3.18. The number of nitrogens with two attached hydrogens (primary N) is 1. The van der Waals surface area contributed by atoms with Crippen molar-refractivity contribution in [3.63, 3.8) is 0 Å². The minimum Gasteiger partial charge on any atom is -0.494 e. The van der Waals surface area contributed by atoms with Gasteiger partial charge in [0.25, 0.3) is 5.91 Å². The van der Waals surface area contributed by atoms with E-state index in [2.05, 4.69) is 4.98 Å². The number of aromatic hydroxyl groups is 1. The first-order valence-corrected chi connectivity index (χ1v) is 11.2. The smallest absolute Gasteiger partial charge is 0.253 e. The van der Waals surface area contributed by atoms with E-state index in [0.29, 0.717) is 28.2 Å². The summed E-state index contributed by atoms with van der Waals surface area (Å²) >= 11 is 0. The van der Waals surface area contributed by atoms with Crippen LogP contribution >= 0.6 is 0 Å². The van der Waals surface area contributed by atoms with Gasteiger partial charge < -0.3 is 20.7 Å². The van der Waals surface area contributed by atoms with Crippen LogP contribution in [0.15, 0.2) is 77.8 Å². The van der Waals surface area contributed by atoms with E-state index < -0.39 is 0 Å². The molecule has 3 aromatic carbocycles. The van der Waals surface area contributed by atoms with E-state index in [4.69, 9.17) is 10.7 Å². The van der Waals surface area contributed by atoms with Crippen molar-refractivity contribution in [1.82, 2.24) is 9.88 Å². The van der Waals surface area contributed by atoms with Crippen LogP contribution in [0.2, 0.25) is 0 Å². The number of nitrogen functional groups attached to an aromatic ring is 1. The molecule has 1 aliphatic heterocycles. The van der Waals surface area contributed by atoms with Crippen LogP contribution in [-0.4, -0.2) is 39.7 Å². The normalized spacial score (nSPS) is 14.5. The second kappa shape index (κ2) is 8.82. The Kier molecular flexibility index (Phi) is 5.57. The summed E-state index contributed by atoms with van der Waals surface area (Å²) in [5.74, 6) is 0.105. The zero-order valence-electron chi connectivity index (χ0n) is 18.3. The second-order valence-electron chi connectivity index (χ2n) is 8.38. The van der Waals surface area contributed by atoms with E-state index in [1.165, 1.54) is 6.42 Å². The number of hydrogen-bond donors (Lipinski definition) is 3. The van der Waals surface area contributed by atoms with Crippen LogP contribution in [0.4, 0.5) is 11.4 Å². The zero-order chi connectivity index (χ0) is 22.8. The predicted octanol–water partition coefficient (Wildman–Crippen LogP) is 5.25. The van der Waals surface area contributed by atoms with Crippen molar-refractivity contribution in [2.75, 3.05) is 18.8 Å². The summed E-state index contributed by atoms with van der Waals surface area (Å²) in [7, 11) is 0. The summed E-state index contributed by atoms with van der Waals surface area (Å²) < 4.78 is 0. The molecule has 6 heteroatoms. The summed E-state index contributed by atoms with van der Waals surface area (Å²) in [6.07, 6.45) is 3.31. The highest BCUT2D eigenvalue weighted by Crippen LogP contribution is 2.32. The Labute approximate surface area is 192 Å². The third kappa shape index (κ3) is 4.20. The first-order valence-electron chi connectivity index (χ1n) is 11.2. The van der Waals surface area contributed by atoms with Gasteiger partial charge in [-0.3, -0.25) is 4.79 Å². The predicted molar refractivity (Wildman–Crippen MR) is 132 cm³/mol. The number of nitrogens with one attached hydrogen (secondary N) is 1. The highest BCUT2D eigenvalue weighted by atomic mass is 16.3. The Morgan fingerprint density at radius 3 is 2.36 bits per heavy atom. The van der Waals surface area contributed by atoms with E-state index in [-0.39, 0.29) is 11.8 Å². The minimum atomic E-state index is 0.0371. The molecule has 0 spiro atoms. The number of carbonyl (C=O) groups excluding carboxylic acids is 1. The molecule has 0 aliphatic carbocycles. The summed E-state index contributed by atoms with van der Waals surface area (Å²) in [6.45, 7) is 1.64. The number of aliphatic imine (C=N–C) groups is 1. The average molecular weight is 439 g/mol. The molecule has 0 radical (unpaired) electrons. The van der Waals surface area contributed by atoms with Gasteiger partial charge in [0.05, 0.1) is 17.0 Å². The summed E-state index contributed by atoms with van der Waals surface area (Å²) in [5.41, 5.74) is 10.9. The molecule has 1 fully saturated rings. The van der Waals surface area contributed by atoms with Crippen LogP contribution in [0.1, 0.15) is 40.7 Å². The zero-order valence-corrected chi connectivity index (χ0v) is 18.3. The van der Waals surface area contributed by atoms with Crippen molar-refractivity contribution < 1.29 is 9.90 Å². The number of carbonyl (C=O) groups is 1. The first kappa shape index (κ1) is 20.8. The van der Waals surface area contributed by atoms with Gasteiger partial charge in [0.1, 0.15) is 0 Å². The molecule has 0 saturated carbocycles. The number of anilines is 1. The molecule has 33 heavy (non-hydrogen) atoms. The molecule has 1 amide bonds. The lowest BCUT2D eigenvalue weighted by Gasteiger charge is -2.26. The monoisotopic (exact) mass is 438 g/mol. The van der Waals surface area contributed by atoms with Gasteiger partial charge in [0.15, 0.2) is 5.88 Å². The van der Waals surface area contributed by atoms with Gasteiger partial charge in [-0.25, -0.2) is 4.99 Å². The number of likely N-dealkylation sites (tertiary alicyclic amines) is 1. The molecular formula is C27H26N4O2. The number of nitrogens with zero attached hydrogens (tertiary/aromatic N) is 2. The molecule has 2 heterocycles. The van der Waals surface area contributed by atoms with Crippen molar-refractivity contribution in [3.05, 3.63) is 89.5 Å². The molecule has 1 saturated heterocycles. The first-order chi connectivity index (χ1) is 16.1. The highest BCUT2D eigenvalue weighted by molar-refractivity contribution is 6.22. The fourth-order valence-corrected chi connectivity index (χ4v) is 4.38. The molecule has 1 aromatic heterocycles. The third-order valence-corrected chi connectivity index (χ3v) is 6.09. The van der Waals surface area contributed by atoms with Gasteiger partial charge in [-0.2, -0.15) is 0 Å². The van der Waals surface area contributed by atoms with Crippen LogP contribution in [0, 0.1) is 0 Å². The molecular weight excluding hydrogens is 412 g/mol. The van der Waals surface area contributed by atoms with Crippen LogP contribution in [-0.2, 0) is 0 Å². The summed E-state index contributed by atoms with van der Waals surface area (Å²) in [4.78, 5) is 22.6. The van der Waals surface area contributed by atoms with Crippen LogP contribution in [0.5, 0.6) is 5.88 Å². The van der Waals surface area contributed by atoms with Gasteiger partial charge in [0, 0.05) is 40.8 Å². The van der Waals surface area contributed by atoms with E-state index in [0.717, 1.165) is 42.4 Å². The van der Waals surface area contributed by atoms with E-state index >= 15 is 0 Å². The SMILES string of the molecule is Nc1ccc2[nH]c(O)c(C(=Nc3ccc(C(=O)N4CCCCC4)cc3)c3ccccc3)c2c1. The Morgan fingerprint density at radius 1 is 0.909 bits per heavy atom. The molecule has 0 unspecified atom stereocenters. The number of hydrogen-bond acceptors (Lipinski definition) is 4. The van der Waals surface area contributed by atoms with Crippen molar-refractivity contribution in [2.45, 2.75) is 19.3 Å². The topological polar surface area (TPSA) is 94.7 Å². The number of aromatic amines is 1. The second-order valence-corrected chi connectivity index (χ2v) is 8.38. The quantitative estimate of drug-likeness (QED) is 0.300. The lowest BCUT2D eigenvalue weighted by molar-refractivity contribution is 0.0724. The van der Waals surface area contributed by atoms with Crippen LogP contribution < -0.4 is 5.73 Å². The molecule has 166 valence electrons. The fourth-order valence-electron chi connectivity index (χ4n) is 4.38. The summed E-state index contributed by atoms with van der Waals surface area (Å²) in [6, 6.07) is 22.5. The highest BCUT2D eigenvalue weighted by Gasteiger charge is 2.20. The van der Waals surface area contributed by atoms with Gasteiger partial charge in [-0.05, 0) is 61.7 Å². The van der Waals surface area contributed by atoms with Crippen molar-refractivity contribution in [3.8, 4) is 5.88 Å². The maximum atomic E-state index is 12.8. The maximum Gasteiger partial charge on any atom is 0.253 e. The molecule has 0 atom stereocenters. The standard InChI is InChI=1S/C27H26N4O2/c28-20-11-14-23-22(17-20)24(26(32)30-23)25(18-7-3-1-4-8-18)29-21-12-9-19(10-13-21)27(33)31-15-5-2-6-16-31/h1,3-4,7-14,17,30,32H,2,5-6,15-16,28H2. The molecule has 4 N–H and O–H groups in total. The minimum absolute atomic E-state index is 0.0371. The Morgan fingerprint density at radius 2 is 1.64 bits per heavy atom. The Bertz CT molecular complexity index is 1320. The number of aromatic nitrogens is 1. The van der Waals surface area contributed by atoms with Crippen molar-refractivity contribution in [1.29, 1.82) is 0 Å². The van der Waals surface area contributed by atoms with Crippen molar-refractivity contribution in [2.24, 2.45) is 4.99 Å². The van der Waals surface area contributed by atoms with E-state index in [1.807, 2.05) is 71.6 Å².